The van der Waals surface area contributed by atoms with Gasteiger partial charge in [-0.3, -0.25) is 0 Å². The summed E-state index contributed by atoms with van der Waals surface area (Å²) >= 11 is 0. The van der Waals surface area contributed by atoms with Crippen LogP contribution in [0.1, 0.15) is 46.2 Å². The van der Waals surface area contributed by atoms with E-state index >= 15 is 0 Å². The van der Waals surface area contributed by atoms with Crippen LogP contribution in [0.5, 0.6) is 0 Å². The van der Waals surface area contributed by atoms with Gasteiger partial charge in [-0.1, -0.05) is 32.9 Å². The summed E-state index contributed by atoms with van der Waals surface area (Å²) in [4.78, 5) is 14.0. The van der Waals surface area contributed by atoms with Gasteiger partial charge in [-0.2, -0.15) is 0 Å². The standard InChI is InChI=1S/C16H27N3O/c1-11(17)13-8-7-9-14(10-13)18-15(20)19(6)12(2)16(3,4)5/h7-12H,17H2,1-6H3,(H,18,20). The maximum atomic E-state index is 12.3. The number of nitrogens with one attached hydrogen (secondary N) is 1. The van der Waals surface area contributed by atoms with Gasteiger partial charge in [0.2, 0.25) is 0 Å². The van der Waals surface area contributed by atoms with Crippen LogP contribution < -0.4 is 11.1 Å². The van der Waals surface area contributed by atoms with Gasteiger partial charge >= 0.3 is 6.03 Å². The zero-order valence-electron chi connectivity index (χ0n) is 13.4. The van der Waals surface area contributed by atoms with Crippen LogP contribution in [0.25, 0.3) is 0 Å². The molecule has 1 rings (SSSR count). The zero-order valence-corrected chi connectivity index (χ0v) is 13.4. The third-order valence-electron chi connectivity index (χ3n) is 3.82. The van der Waals surface area contributed by atoms with Gasteiger partial charge in [0, 0.05) is 24.8 Å². The van der Waals surface area contributed by atoms with Crippen LogP contribution in [-0.2, 0) is 0 Å². The first kappa shape index (κ1) is 16.5. The van der Waals surface area contributed by atoms with Crippen LogP contribution in [-0.4, -0.2) is 24.0 Å². The van der Waals surface area contributed by atoms with E-state index < -0.39 is 0 Å². The molecule has 2 amide bonds. The molecule has 0 aliphatic rings. The third kappa shape index (κ3) is 4.23. The van der Waals surface area contributed by atoms with E-state index in [0.717, 1.165) is 11.3 Å². The Kier molecular flexibility index (Phi) is 5.17. The summed E-state index contributed by atoms with van der Waals surface area (Å²) in [7, 11) is 1.82. The van der Waals surface area contributed by atoms with Gasteiger partial charge in [-0.15, -0.1) is 0 Å². The molecule has 0 heterocycles. The molecule has 3 N–H and O–H groups in total. The number of benzene rings is 1. The lowest BCUT2D eigenvalue weighted by Gasteiger charge is -2.35. The van der Waals surface area contributed by atoms with Crippen LogP contribution in [0.4, 0.5) is 10.5 Å². The number of amides is 2. The number of carbonyl (C=O) groups excluding carboxylic acids is 1. The van der Waals surface area contributed by atoms with Crippen molar-refractivity contribution in [3.05, 3.63) is 29.8 Å². The summed E-state index contributed by atoms with van der Waals surface area (Å²) in [5.41, 5.74) is 7.68. The average Bonchev–Trinajstić information content (AvgIpc) is 2.36. The smallest absolute Gasteiger partial charge is 0.321 e. The zero-order chi connectivity index (χ0) is 15.5. The van der Waals surface area contributed by atoms with Gasteiger partial charge in [0.1, 0.15) is 0 Å². The molecule has 0 saturated heterocycles. The van der Waals surface area contributed by atoms with Crippen molar-refractivity contribution in [2.75, 3.05) is 12.4 Å². The molecule has 0 aliphatic carbocycles. The first-order chi connectivity index (χ1) is 9.12. The largest absolute Gasteiger partial charge is 0.324 e. The molecule has 2 atom stereocenters. The van der Waals surface area contributed by atoms with Crippen molar-refractivity contribution in [2.24, 2.45) is 11.1 Å². The number of urea groups is 1. The maximum Gasteiger partial charge on any atom is 0.321 e. The van der Waals surface area contributed by atoms with Crippen LogP contribution >= 0.6 is 0 Å². The van der Waals surface area contributed by atoms with Gasteiger partial charge in [0.05, 0.1) is 0 Å². The minimum atomic E-state index is -0.103. The van der Waals surface area contributed by atoms with E-state index in [4.69, 9.17) is 5.73 Å². The highest BCUT2D eigenvalue weighted by Crippen LogP contribution is 2.24. The molecule has 0 aromatic heterocycles. The number of rotatable bonds is 3. The van der Waals surface area contributed by atoms with E-state index in [1.807, 2.05) is 38.2 Å². The second-order valence-electron chi connectivity index (χ2n) is 6.50. The van der Waals surface area contributed by atoms with E-state index in [-0.39, 0.29) is 23.5 Å². The van der Waals surface area contributed by atoms with Crippen molar-refractivity contribution >= 4 is 11.7 Å². The molecule has 2 unspecified atom stereocenters. The SMILES string of the molecule is CC(N)c1cccc(NC(=O)N(C)C(C)C(C)(C)C)c1. The quantitative estimate of drug-likeness (QED) is 0.886. The number of nitrogens with two attached hydrogens (primary N) is 1. The van der Waals surface area contributed by atoms with Crippen molar-refractivity contribution in [3.8, 4) is 0 Å². The molecule has 0 radical (unpaired) electrons. The van der Waals surface area contributed by atoms with Gasteiger partial charge in [0.25, 0.3) is 0 Å². The summed E-state index contributed by atoms with van der Waals surface area (Å²) < 4.78 is 0. The number of hydrogen-bond donors (Lipinski definition) is 2. The second-order valence-corrected chi connectivity index (χ2v) is 6.50. The van der Waals surface area contributed by atoms with Crippen LogP contribution in [0.3, 0.4) is 0 Å². The fourth-order valence-corrected chi connectivity index (χ4v) is 1.87. The highest BCUT2D eigenvalue weighted by molar-refractivity contribution is 5.89. The Morgan fingerprint density at radius 3 is 2.40 bits per heavy atom. The van der Waals surface area contributed by atoms with E-state index in [9.17, 15) is 4.79 Å². The Bertz CT molecular complexity index is 463. The van der Waals surface area contributed by atoms with Crippen LogP contribution in [0, 0.1) is 5.41 Å². The lowest BCUT2D eigenvalue weighted by molar-refractivity contribution is 0.156. The van der Waals surface area contributed by atoms with E-state index in [2.05, 4.69) is 33.0 Å². The first-order valence-electron chi connectivity index (χ1n) is 7.02. The maximum absolute atomic E-state index is 12.3. The topological polar surface area (TPSA) is 58.4 Å². The Morgan fingerprint density at radius 2 is 1.90 bits per heavy atom. The number of hydrogen-bond acceptors (Lipinski definition) is 2. The highest BCUT2D eigenvalue weighted by Gasteiger charge is 2.26. The van der Waals surface area contributed by atoms with Crippen molar-refractivity contribution in [2.45, 2.75) is 46.7 Å². The van der Waals surface area contributed by atoms with Crippen molar-refractivity contribution in [3.63, 3.8) is 0 Å². The number of anilines is 1. The normalized spacial score (nSPS) is 14.6. The summed E-state index contributed by atoms with van der Waals surface area (Å²) in [6.07, 6.45) is 0. The fourth-order valence-electron chi connectivity index (χ4n) is 1.87. The molecule has 4 heteroatoms. The summed E-state index contributed by atoms with van der Waals surface area (Å²) in [6, 6.07) is 7.65. The molecule has 4 nitrogen and oxygen atoms in total. The molecule has 20 heavy (non-hydrogen) atoms. The molecule has 1 aromatic carbocycles. The lowest BCUT2D eigenvalue weighted by atomic mass is 9.87. The molecule has 1 aromatic rings. The van der Waals surface area contributed by atoms with E-state index in [0.29, 0.717) is 0 Å². The molecule has 0 bridgehead atoms. The Hall–Kier alpha value is -1.55. The average molecular weight is 277 g/mol. The molecule has 0 spiro atoms. The van der Waals surface area contributed by atoms with Gasteiger partial charge in [-0.25, -0.2) is 4.79 Å². The van der Waals surface area contributed by atoms with Gasteiger partial charge in [0.15, 0.2) is 0 Å². The summed E-state index contributed by atoms with van der Waals surface area (Å²) in [5, 5.41) is 2.92. The Morgan fingerprint density at radius 1 is 1.30 bits per heavy atom. The van der Waals surface area contributed by atoms with Crippen molar-refractivity contribution in [1.29, 1.82) is 0 Å². The van der Waals surface area contributed by atoms with Gasteiger partial charge < -0.3 is 16.0 Å². The van der Waals surface area contributed by atoms with Crippen LogP contribution in [0.2, 0.25) is 0 Å². The van der Waals surface area contributed by atoms with E-state index in [1.54, 1.807) is 4.90 Å². The minimum Gasteiger partial charge on any atom is -0.324 e. The molecular formula is C16H27N3O. The second kappa shape index (κ2) is 6.27. The van der Waals surface area contributed by atoms with Crippen LogP contribution in [0.15, 0.2) is 24.3 Å². The highest BCUT2D eigenvalue weighted by atomic mass is 16.2. The number of nitrogens with zero attached hydrogens (tertiary/aromatic N) is 1. The molecule has 112 valence electrons. The summed E-state index contributed by atoms with van der Waals surface area (Å²) in [5.74, 6) is 0. The monoisotopic (exact) mass is 277 g/mol. The Balaban J connectivity index is 2.78. The molecular weight excluding hydrogens is 250 g/mol. The summed E-state index contributed by atoms with van der Waals surface area (Å²) in [6.45, 7) is 10.3. The predicted molar refractivity (Wildman–Crippen MR) is 84.7 cm³/mol. The van der Waals surface area contributed by atoms with Crippen molar-refractivity contribution < 1.29 is 4.79 Å². The fraction of sp³-hybridized carbons (Fsp3) is 0.562. The third-order valence-corrected chi connectivity index (χ3v) is 3.82. The van der Waals surface area contributed by atoms with E-state index in [1.165, 1.54) is 0 Å². The Labute approximate surface area is 122 Å². The lowest BCUT2D eigenvalue weighted by Crippen LogP contribution is -2.44. The molecule has 0 saturated carbocycles. The molecule has 0 fully saturated rings. The minimum absolute atomic E-state index is 0.0414. The first-order valence-corrected chi connectivity index (χ1v) is 7.02. The molecule has 0 aliphatic heterocycles. The van der Waals surface area contributed by atoms with Gasteiger partial charge in [-0.05, 0) is 37.0 Å². The van der Waals surface area contributed by atoms with Crippen molar-refractivity contribution in [1.82, 2.24) is 4.90 Å². The number of carbonyl (C=O) groups is 1. The predicted octanol–water partition coefficient (Wildman–Crippen LogP) is 3.60.